The number of piperidine rings is 1. The lowest BCUT2D eigenvalue weighted by Gasteiger charge is -2.49. The van der Waals surface area contributed by atoms with Crippen LogP contribution in [0.3, 0.4) is 0 Å². The van der Waals surface area contributed by atoms with Crippen LogP contribution in [-0.2, 0) is 4.79 Å². The summed E-state index contributed by atoms with van der Waals surface area (Å²) in [4.78, 5) is 16.4. The van der Waals surface area contributed by atoms with Gasteiger partial charge in [-0.2, -0.15) is 0 Å². The molecule has 2 rings (SSSR count). The number of aliphatic hydroxyl groups excluding tert-OH is 1. The van der Waals surface area contributed by atoms with E-state index in [-0.39, 0.29) is 11.9 Å². The minimum Gasteiger partial charge on any atom is -0.514 e. The van der Waals surface area contributed by atoms with E-state index in [1.807, 2.05) is 6.92 Å². The lowest BCUT2D eigenvalue weighted by Crippen LogP contribution is -2.54. The monoisotopic (exact) mass is 308 g/mol. The third kappa shape index (κ3) is 3.83. The zero-order valence-corrected chi connectivity index (χ0v) is 14.4. The molecular weight excluding hydrogens is 276 g/mol. The minimum absolute atomic E-state index is 0.0986. The normalized spacial score (nSPS) is 31.5. The Bertz CT molecular complexity index is 392. The van der Waals surface area contributed by atoms with E-state index in [9.17, 15) is 4.79 Å². The maximum absolute atomic E-state index is 12.0. The molecule has 0 aromatic heterocycles. The quantitative estimate of drug-likeness (QED) is 0.806. The molecule has 0 aromatic rings. The van der Waals surface area contributed by atoms with Crippen LogP contribution in [0.5, 0.6) is 0 Å². The van der Waals surface area contributed by atoms with Gasteiger partial charge in [-0.15, -0.1) is 0 Å². The van der Waals surface area contributed by atoms with Crippen LogP contribution in [0.15, 0.2) is 12.5 Å². The summed E-state index contributed by atoms with van der Waals surface area (Å²) in [5.41, 5.74) is 0.351. The van der Waals surface area contributed by atoms with Crippen molar-refractivity contribution in [3.63, 3.8) is 0 Å². The molecule has 1 heterocycles. The molecule has 1 aliphatic carbocycles. The summed E-state index contributed by atoms with van der Waals surface area (Å²) in [6.07, 6.45) is 10.3. The van der Waals surface area contributed by atoms with Crippen LogP contribution in [0, 0.1) is 5.92 Å². The number of hydrogen-bond acceptors (Lipinski definition) is 3. The maximum atomic E-state index is 12.0. The molecule has 1 saturated heterocycles. The van der Waals surface area contributed by atoms with Gasteiger partial charge in [-0.1, -0.05) is 13.8 Å². The van der Waals surface area contributed by atoms with E-state index >= 15 is 0 Å². The average molecular weight is 308 g/mol. The van der Waals surface area contributed by atoms with Crippen molar-refractivity contribution < 1.29 is 9.90 Å². The molecule has 0 aromatic carbocycles. The molecule has 2 fully saturated rings. The number of aliphatic hydroxyl groups is 1. The van der Waals surface area contributed by atoms with Crippen LogP contribution >= 0.6 is 0 Å². The number of carbonyl (C=O) groups excluding carboxylic acids is 1. The second kappa shape index (κ2) is 7.49. The predicted octanol–water partition coefficient (Wildman–Crippen LogP) is 3.69. The van der Waals surface area contributed by atoms with Crippen molar-refractivity contribution in [3.05, 3.63) is 12.5 Å². The van der Waals surface area contributed by atoms with E-state index in [2.05, 4.69) is 18.7 Å². The lowest BCUT2D eigenvalue weighted by molar-refractivity contribution is -0.131. The first-order chi connectivity index (χ1) is 10.5. The van der Waals surface area contributed by atoms with Gasteiger partial charge in [-0.05, 0) is 51.4 Å². The van der Waals surface area contributed by atoms with Gasteiger partial charge in [0, 0.05) is 37.3 Å². The van der Waals surface area contributed by atoms with Crippen molar-refractivity contribution in [2.45, 2.75) is 77.3 Å². The van der Waals surface area contributed by atoms with Gasteiger partial charge in [0.2, 0.25) is 5.91 Å². The molecule has 126 valence electrons. The summed E-state index contributed by atoms with van der Waals surface area (Å²) >= 11 is 0. The third-order valence-electron chi connectivity index (χ3n) is 5.79. The number of carbonyl (C=O) groups is 1. The second-order valence-corrected chi connectivity index (χ2v) is 7.35. The summed E-state index contributed by atoms with van der Waals surface area (Å²) in [6.45, 7) is 8.77. The summed E-state index contributed by atoms with van der Waals surface area (Å²) < 4.78 is 0. The van der Waals surface area contributed by atoms with Crippen LogP contribution in [-0.4, -0.2) is 45.5 Å². The van der Waals surface area contributed by atoms with Gasteiger partial charge in [0.15, 0.2) is 0 Å². The van der Waals surface area contributed by atoms with Gasteiger partial charge in [0.1, 0.15) is 0 Å². The van der Waals surface area contributed by atoms with E-state index < -0.39 is 0 Å². The Labute approximate surface area is 135 Å². The molecule has 0 spiro atoms. The van der Waals surface area contributed by atoms with Crippen LogP contribution in [0.25, 0.3) is 0 Å². The summed E-state index contributed by atoms with van der Waals surface area (Å²) in [5, 5.41) is 9.05. The molecule has 4 nitrogen and oxygen atoms in total. The lowest BCUT2D eigenvalue weighted by atomic mass is 9.76. The van der Waals surface area contributed by atoms with Gasteiger partial charge in [0.05, 0.1) is 6.26 Å². The summed E-state index contributed by atoms with van der Waals surface area (Å²) in [6, 6.07) is 0.234. The van der Waals surface area contributed by atoms with Crippen molar-refractivity contribution in [1.82, 2.24) is 9.80 Å². The van der Waals surface area contributed by atoms with Crippen molar-refractivity contribution in [2.24, 2.45) is 5.92 Å². The Morgan fingerprint density at radius 2 is 1.86 bits per heavy atom. The number of hydrogen-bond donors (Lipinski definition) is 1. The zero-order valence-electron chi connectivity index (χ0n) is 14.4. The first-order valence-electron chi connectivity index (χ1n) is 8.87. The standard InChI is InChI=1S/C18H32N2O2/c1-4-17(22)20(13-14-21)16-7-11-19(12-8-16)18(3)9-5-15(2)6-10-18/h13-16,21H,4-12H2,1-3H3/b14-13-. The largest absolute Gasteiger partial charge is 0.514 e. The smallest absolute Gasteiger partial charge is 0.226 e. The molecular formula is C18H32N2O2. The van der Waals surface area contributed by atoms with Crippen LogP contribution < -0.4 is 0 Å². The van der Waals surface area contributed by atoms with Crippen molar-refractivity contribution in [2.75, 3.05) is 13.1 Å². The minimum atomic E-state index is 0.0986. The fourth-order valence-corrected chi connectivity index (χ4v) is 4.05. The maximum Gasteiger partial charge on any atom is 0.226 e. The highest BCUT2D eigenvalue weighted by Crippen LogP contribution is 2.37. The highest BCUT2D eigenvalue weighted by molar-refractivity contribution is 5.77. The van der Waals surface area contributed by atoms with Crippen LogP contribution in [0.1, 0.15) is 65.7 Å². The number of amides is 1. The SMILES string of the molecule is CCC(=O)N(/C=C\O)C1CCN(C2(C)CCC(C)CC2)CC1. The number of rotatable bonds is 4. The zero-order chi connectivity index (χ0) is 16.2. The molecule has 0 bridgehead atoms. The van der Waals surface area contributed by atoms with Gasteiger partial charge < -0.3 is 10.0 Å². The van der Waals surface area contributed by atoms with Crippen molar-refractivity contribution in [1.29, 1.82) is 0 Å². The van der Waals surface area contributed by atoms with Crippen LogP contribution in [0.2, 0.25) is 0 Å². The third-order valence-corrected chi connectivity index (χ3v) is 5.79. The Morgan fingerprint density at radius 1 is 1.27 bits per heavy atom. The predicted molar refractivity (Wildman–Crippen MR) is 89.5 cm³/mol. The molecule has 1 N–H and O–H groups in total. The van der Waals surface area contributed by atoms with Gasteiger partial charge in [-0.25, -0.2) is 0 Å². The molecule has 1 aliphatic heterocycles. The van der Waals surface area contributed by atoms with E-state index in [0.29, 0.717) is 12.0 Å². The molecule has 0 unspecified atom stereocenters. The topological polar surface area (TPSA) is 43.8 Å². The number of likely N-dealkylation sites (tertiary alicyclic amines) is 1. The Hall–Kier alpha value is -1.03. The molecule has 1 saturated carbocycles. The van der Waals surface area contributed by atoms with E-state index in [1.54, 1.807) is 4.90 Å². The Balaban J connectivity index is 1.93. The van der Waals surface area contributed by atoms with Gasteiger partial charge >= 0.3 is 0 Å². The van der Waals surface area contributed by atoms with Gasteiger partial charge in [0.25, 0.3) is 0 Å². The Morgan fingerprint density at radius 3 is 2.36 bits per heavy atom. The Kier molecular flexibility index (Phi) is 5.90. The summed E-state index contributed by atoms with van der Waals surface area (Å²) in [5.74, 6) is 0.972. The first kappa shape index (κ1) is 17.3. The van der Waals surface area contributed by atoms with E-state index in [0.717, 1.165) is 38.1 Å². The average Bonchev–Trinajstić information content (AvgIpc) is 2.55. The van der Waals surface area contributed by atoms with Crippen molar-refractivity contribution >= 4 is 5.91 Å². The fraction of sp³-hybridized carbons (Fsp3) is 0.833. The molecule has 0 radical (unpaired) electrons. The van der Waals surface area contributed by atoms with Crippen LogP contribution in [0.4, 0.5) is 0 Å². The van der Waals surface area contributed by atoms with E-state index in [4.69, 9.17) is 5.11 Å². The van der Waals surface area contributed by atoms with Crippen molar-refractivity contribution in [3.8, 4) is 0 Å². The molecule has 22 heavy (non-hydrogen) atoms. The molecule has 4 heteroatoms. The summed E-state index contributed by atoms with van der Waals surface area (Å²) in [7, 11) is 0. The highest BCUT2D eigenvalue weighted by atomic mass is 16.2. The molecule has 2 aliphatic rings. The van der Waals surface area contributed by atoms with Gasteiger partial charge in [-0.3, -0.25) is 9.69 Å². The highest BCUT2D eigenvalue weighted by Gasteiger charge is 2.38. The van der Waals surface area contributed by atoms with E-state index in [1.165, 1.54) is 31.9 Å². The second-order valence-electron chi connectivity index (χ2n) is 7.35. The number of nitrogens with zero attached hydrogens (tertiary/aromatic N) is 2. The molecule has 1 amide bonds. The molecule has 0 atom stereocenters. The first-order valence-corrected chi connectivity index (χ1v) is 8.87. The fourth-order valence-electron chi connectivity index (χ4n) is 4.05.